The molecule has 0 bridgehead atoms. The Balaban J connectivity index is 1.77. The Morgan fingerprint density at radius 2 is 1.00 bits per heavy atom. The molecule has 0 spiro atoms. The molecule has 154 valence electrons. The van der Waals surface area contributed by atoms with Crippen LogP contribution in [0.2, 0.25) is 10.0 Å². The zero-order valence-corrected chi connectivity index (χ0v) is 17.9. The predicted octanol–water partition coefficient (Wildman–Crippen LogP) is 3.44. The Labute approximate surface area is 172 Å². The molecule has 0 N–H and O–H groups in total. The van der Waals surface area contributed by atoms with Crippen LogP contribution in [-0.2, 0) is 42.2 Å². The van der Waals surface area contributed by atoms with Crippen LogP contribution in [-0.4, -0.2) is 30.4 Å². The lowest BCUT2D eigenvalue weighted by atomic mass is 10.4. The van der Waals surface area contributed by atoms with E-state index in [1.807, 2.05) is 0 Å². The summed E-state index contributed by atoms with van der Waals surface area (Å²) in [5.41, 5.74) is 0. The van der Waals surface area contributed by atoms with Crippen LogP contribution < -0.4 is 0 Å². The summed E-state index contributed by atoms with van der Waals surface area (Å²) in [4.78, 5) is -0.364. The average Bonchev–Trinajstić information content (AvgIpc) is 2.62. The minimum absolute atomic E-state index is 0.182. The van der Waals surface area contributed by atoms with Crippen LogP contribution in [0.5, 0.6) is 0 Å². The van der Waals surface area contributed by atoms with E-state index in [4.69, 9.17) is 23.2 Å². The summed E-state index contributed by atoms with van der Waals surface area (Å²) in [7, 11) is -11.6. The van der Waals surface area contributed by atoms with E-state index in [0.29, 0.717) is 10.0 Å². The SMILES string of the molecule is O=[PH](OCOS(=O)(=O)c1ccc(Cl)cc1)OCOS(=O)(=O)c1ccc(Cl)cc1. The van der Waals surface area contributed by atoms with Crippen molar-refractivity contribution in [1.29, 1.82) is 0 Å². The number of hydrogen-bond donors (Lipinski definition) is 0. The summed E-state index contributed by atoms with van der Waals surface area (Å²) in [5, 5.41) is 0.671. The minimum atomic E-state index is -4.16. The maximum Gasteiger partial charge on any atom is 0.323 e. The van der Waals surface area contributed by atoms with E-state index in [0.717, 1.165) is 0 Å². The smallest absolute Gasteiger partial charge is 0.282 e. The predicted molar refractivity (Wildman–Crippen MR) is 100 cm³/mol. The molecule has 2 rings (SSSR count). The second-order valence-corrected chi connectivity index (χ2v) is 10.0. The Morgan fingerprint density at radius 3 is 1.32 bits per heavy atom. The van der Waals surface area contributed by atoms with Gasteiger partial charge in [-0.1, -0.05) is 23.2 Å². The molecule has 0 aliphatic carbocycles. The van der Waals surface area contributed by atoms with Crippen molar-refractivity contribution in [1.82, 2.24) is 0 Å². The molecule has 28 heavy (non-hydrogen) atoms. The third kappa shape index (κ3) is 7.11. The average molecular weight is 491 g/mol. The van der Waals surface area contributed by atoms with E-state index in [9.17, 15) is 21.4 Å². The molecule has 0 amide bonds. The summed E-state index contributed by atoms with van der Waals surface area (Å²) in [5.74, 6) is 0. The van der Waals surface area contributed by atoms with Gasteiger partial charge in [0.2, 0.25) is 0 Å². The molecule has 0 aromatic heterocycles. The highest BCUT2D eigenvalue weighted by molar-refractivity contribution is 7.87. The number of halogens is 2. The molecule has 0 atom stereocenters. The summed E-state index contributed by atoms with van der Waals surface area (Å²) in [6.07, 6.45) is 0. The molecule has 0 fully saturated rings. The van der Waals surface area contributed by atoms with Crippen LogP contribution in [0.1, 0.15) is 0 Å². The minimum Gasteiger partial charge on any atom is -0.282 e. The monoisotopic (exact) mass is 490 g/mol. The van der Waals surface area contributed by atoms with Crippen molar-refractivity contribution in [3.05, 3.63) is 58.6 Å². The van der Waals surface area contributed by atoms with Crippen LogP contribution in [0.3, 0.4) is 0 Å². The summed E-state index contributed by atoms with van der Waals surface area (Å²) in [6, 6.07) is 10.3. The first-order valence-corrected chi connectivity index (χ1v) is 12.0. The molecule has 0 aliphatic rings. The van der Waals surface area contributed by atoms with Gasteiger partial charge in [-0.05, 0) is 48.5 Å². The van der Waals surface area contributed by atoms with Gasteiger partial charge in [-0.25, -0.2) is 8.37 Å². The maximum absolute atomic E-state index is 11.9. The summed E-state index contributed by atoms with van der Waals surface area (Å²) in [6.45, 7) is -1.82. The van der Waals surface area contributed by atoms with Crippen LogP contribution in [0.4, 0.5) is 0 Å². The fourth-order valence-corrected chi connectivity index (χ4v) is 4.03. The number of benzene rings is 2. The van der Waals surface area contributed by atoms with Gasteiger partial charge in [-0.2, -0.15) is 16.8 Å². The Hall–Kier alpha value is -1.01. The Bertz CT molecular complexity index is 940. The number of rotatable bonds is 10. The fourth-order valence-electron chi connectivity index (χ4n) is 1.65. The lowest BCUT2D eigenvalue weighted by molar-refractivity contribution is 0.0754. The van der Waals surface area contributed by atoms with Crippen LogP contribution >= 0.6 is 31.5 Å². The van der Waals surface area contributed by atoms with Crippen molar-refractivity contribution < 1.29 is 38.8 Å². The van der Waals surface area contributed by atoms with Gasteiger partial charge in [0.05, 0.1) is 9.79 Å². The third-order valence-corrected chi connectivity index (χ3v) is 6.69. The highest BCUT2D eigenvalue weighted by atomic mass is 35.5. The highest BCUT2D eigenvalue weighted by Crippen LogP contribution is 2.25. The van der Waals surface area contributed by atoms with E-state index in [1.54, 1.807) is 0 Å². The van der Waals surface area contributed by atoms with Crippen molar-refractivity contribution in [3.8, 4) is 0 Å². The first-order valence-electron chi connectivity index (χ1n) is 7.20. The Kier molecular flexibility index (Phi) is 8.44. The van der Waals surface area contributed by atoms with Gasteiger partial charge in [0.15, 0.2) is 13.6 Å². The van der Waals surface area contributed by atoms with Gasteiger partial charge in [-0.15, -0.1) is 0 Å². The van der Waals surface area contributed by atoms with E-state index in [-0.39, 0.29) is 9.79 Å². The standard InChI is InChI=1S/C14H13Cl2O9PS2/c15-11-1-5-13(6-2-11)27(18,19)24-9-22-26(17)23-10-25-28(20,21)14-7-3-12(16)4-8-14/h1-8,26H,9-10H2. The molecule has 2 aromatic rings. The van der Waals surface area contributed by atoms with Gasteiger partial charge >= 0.3 is 8.25 Å². The Morgan fingerprint density at radius 1 is 0.679 bits per heavy atom. The topological polar surface area (TPSA) is 122 Å². The normalized spacial score (nSPS) is 12.4. The molecule has 2 aromatic carbocycles. The van der Waals surface area contributed by atoms with Crippen molar-refractivity contribution in [2.75, 3.05) is 13.6 Å². The molecule has 0 saturated heterocycles. The van der Waals surface area contributed by atoms with Crippen LogP contribution in [0.25, 0.3) is 0 Å². The van der Waals surface area contributed by atoms with Gasteiger partial charge in [0, 0.05) is 10.0 Å². The first kappa shape index (κ1) is 23.3. The maximum atomic E-state index is 11.9. The number of hydrogen-bond acceptors (Lipinski definition) is 9. The van der Waals surface area contributed by atoms with Crippen LogP contribution in [0, 0.1) is 0 Å². The zero-order chi connectivity index (χ0) is 20.8. The molecular formula is C14H13Cl2O9PS2. The van der Waals surface area contributed by atoms with Crippen molar-refractivity contribution >= 4 is 51.7 Å². The summed E-state index contributed by atoms with van der Waals surface area (Å²) < 4.78 is 77.2. The first-order chi connectivity index (χ1) is 13.1. The van der Waals surface area contributed by atoms with Gasteiger partial charge in [0.25, 0.3) is 20.2 Å². The van der Waals surface area contributed by atoms with E-state index in [1.165, 1.54) is 48.5 Å². The van der Waals surface area contributed by atoms with Gasteiger partial charge in [0.1, 0.15) is 0 Å². The molecule has 14 heteroatoms. The zero-order valence-electron chi connectivity index (χ0n) is 13.8. The lowest BCUT2D eigenvalue weighted by Crippen LogP contribution is -2.09. The van der Waals surface area contributed by atoms with Crippen molar-refractivity contribution in [2.24, 2.45) is 0 Å². The van der Waals surface area contributed by atoms with Crippen molar-refractivity contribution in [3.63, 3.8) is 0 Å². The van der Waals surface area contributed by atoms with Crippen molar-refractivity contribution in [2.45, 2.75) is 9.79 Å². The second-order valence-electron chi connectivity index (χ2n) is 4.83. The molecule has 0 saturated carbocycles. The largest absolute Gasteiger partial charge is 0.323 e. The fraction of sp³-hybridized carbons (Fsp3) is 0.143. The van der Waals surface area contributed by atoms with E-state index in [2.05, 4.69) is 17.4 Å². The second kappa shape index (κ2) is 10.1. The molecule has 0 radical (unpaired) electrons. The highest BCUT2D eigenvalue weighted by Gasteiger charge is 2.17. The molecule has 0 unspecified atom stereocenters. The van der Waals surface area contributed by atoms with Crippen LogP contribution in [0.15, 0.2) is 58.3 Å². The summed E-state index contributed by atoms with van der Waals surface area (Å²) >= 11 is 11.3. The lowest BCUT2D eigenvalue weighted by Gasteiger charge is -2.08. The third-order valence-electron chi connectivity index (χ3n) is 2.96. The van der Waals surface area contributed by atoms with Gasteiger partial charge < -0.3 is 0 Å². The van der Waals surface area contributed by atoms with E-state index >= 15 is 0 Å². The molecule has 9 nitrogen and oxygen atoms in total. The quantitative estimate of drug-likeness (QED) is 0.279. The molecular weight excluding hydrogens is 478 g/mol. The van der Waals surface area contributed by atoms with E-state index < -0.39 is 42.1 Å². The molecule has 0 aliphatic heterocycles. The van der Waals surface area contributed by atoms with Gasteiger partial charge in [-0.3, -0.25) is 13.6 Å². The molecule has 0 heterocycles.